The van der Waals surface area contributed by atoms with Crippen LogP contribution in [0, 0.1) is 0 Å². The number of pyridine rings is 1. The molecule has 6 rings (SSSR count). The number of anilines is 1. The molecule has 3 aliphatic rings. The molecule has 0 unspecified atom stereocenters. The van der Waals surface area contributed by atoms with Crippen molar-refractivity contribution in [2.24, 2.45) is 0 Å². The number of hydrogen-bond donors (Lipinski definition) is 0. The summed E-state index contributed by atoms with van der Waals surface area (Å²) in [7, 11) is 0. The van der Waals surface area contributed by atoms with Crippen LogP contribution in [-0.2, 0) is 0 Å². The number of likely N-dealkylation sites (tertiary alicyclic amines) is 1. The lowest BCUT2D eigenvalue weighted by molar-refractivity contribution is 0.0489. The smallest absolute Gasteiger partial charge is 0.264 e. The molecule has 2 aliphatic heterocycles. The van der Waals surface area contributed by atoms with Gasteiger partial charge in [0.05, 0.1) is 5.39 Å². The number of piperazine rings is 1. The summed E-state index contributed by atoms with van der Waals surface area (Å²) in [4.78, 5) is 42.5. The third-order valence-corrected chi connectivity index (χ3v) is 8.42. The van der Waals surface area contributed by atoms with Crippen molar-refractivity contribution >= 4 is 34.5 Å². The molecule has 1 aromatic carbocycles. The second-order valence-corrected chi connectivity index (χ2v) is 10.9. The molecule has 2 saturated heterocycles. The van der Waals surface area contributed by atoms with Gasteiger partial charge in [-0.1, -0.05) is 18.5 Å². The van der Waals surface area contributed by atoms with Crippen LogP contribution >= 0.6 is 11.6 Å². The lowest BCUT2D eigenvalue weighted by Gasteiger charge is -2.47. The van der Waals surface area contributed by atoms with Crippen LogP contribution < -0.4 is 10.5 Å². The molecule has 0 spiro atoms. The highest BCUT2D eigenvalue weighted by atomic mass is 35.5. The van der Waals surface area contributed by atoms with E-state index in [2.05, 4.69) is 21.7 Å². The first-order valence-electron chi connectivity index (χ1n) is 13.5. The van der Waals surface area contributed by atoms with Crippen molar-refractivity contribution in [2.75, 3.05) is 37.6 Å². The number of rotatable bonds is 5. The third-order valence-electron chi connectivity index (χ3n) is 8.16. The summed E-state index contributed by atoms with van der Waals surface area (Å²) in [6.07, 6.45) is 6.74. The Bertz CT molecular complexity index is 1350. The van der Waals surface area contributed by atoms with Crippen LogP contribution in [0.3, 0.4) is 0 Å². The Morgan fingerprint density at radius 3 is 2.46 bits per heavy atom. The fourth-order valence-electron chi connectivity index (χ4n) is 5.98. The molecule has 1 amide bonds. The van der Waals surface area contributed by atoms with E-state index < -0.39 is 0 Å². The summed E-state index contributed by atoms with van der Waals surface area (Å²) >= 11 is 5.99. The highest BCUT2D eigenvalue weighted by molar-refractivity contribution is 6.30. The fourth-order valence-corrected chi connectivity index (χ4v) is 6.10. The third kappa shape index (κ3) is 4.73. The molecule has 0 radical (unpaired) electrons. The van der Waals surface area contributed by atoms with Gasteiger partial charge in [-0.3, -0.25) is 19.1 Å². The number of hydrogen-bond acceptors (Lipinski definition) is 6. The summed E-state index contributed by atoms with van der Waals surface area (Å²) in [6, 6.07) is 11.9. The van der Waals surface area contributed by atoms with Gasteiger partial charge in [-0.15, -0.1) is 0 Å². The summed E-state index contributed by atoms with van der Waals surface area (Å²) in [5.74, 6) is 0.862. The maximum absolute atomic E-state index is 13.3. The van der Waals surface area contributed by atoms with Crippen LogP contribution in [0.15, 0.2) is 47.4 Å². The molecular weight excluding hydrogens is 488 g/mol. The van der Waals surface area contributed by atoms with Crippen LogP contribution in [-0.4, -0.2) is 75.0 Å². The van der Waals surface area contributed by atoms with E-state index in [9.17, 15) is 9.59 Å². The number of aromatic nitrogens is 3. The molecule has 4 heterocycles. The van der Waals surface area contributed by atoms with Gasteiger partial charge in [0, 0.05) is 67.6 Å². The molecule has 0 bridgehead atoms. The molecule has 3 fully saturated rings. The molecular formula is C28H33ClN6O2. The molecule has 9 heteroatoms. The second-order valence-electron chi connectivity index (χ2n) is 10.5. The predicted molar refractivity (Wildman–Crippen MR) is 145 cm³/mol. The summed E-state index contributed by atoms with van der Waals surface area (Å²) < 4.78 is 1.92. The van der Waals surface area contributed by atoms with Gasteiger partial charge in [-0.25, -0.2) is 4.98 Å². The first-order valence-corrected chi connectivity index (χ1v) is 13.8. The minimum atomic E-state index is 0.0313. The van der Waals surface area contributed by atoms with Crippen LogP contribution in [0.5, 0.6) is 0 Å². The highest BCUT2D eigenvalue weighted by Gasteiger charge is 2.37. The van der Waals surface area contributed by atoms with E-state index in [4.69, 9.17) is 16.6 Å². The van der Waals surface area contributed by atoms with E-state index in [-0.39, 0.29) is 17.5 Å². The normalized spacial score (nSPS) is 21.5. The van der Waals surface area contributed by atoms with Gasteiger partial charge < -0.3 is 9.80 Å². The van der Waals surface area contributed by atoms with Gasteiger partial charge in [0.2, 0.25) is 5.95 Å². The van der Waals surface area contributed by atoms with E-state index in [0.717, 1.165) is 70.8 Å². The van der Waals surface area contributed by atoms with Crippen molar-refractivity contribution in [3.8, 4) is 0 Å². The quantitative estimate of drug-likeness (QED) is 0.506. The minimum absolute atomic E-state index is 0.0313. The average molecular weight is 521 g/mol. The van der Waals surface area contributed by atoms with Crippen molar-refractivity contribution in [3.05, 3.63) is 63.5 Å². The van der Waals surface area contributed by atoms with E-state index >= 15 is 0 Å². The molecule has 1 atom stereocenters. The van der Waals surface area contributed by atoms with Crippen molar-refractivity contribution in [2.45, 2.75) is 57.2 Å². The van der Waals surface area contributed by atoms with E-state index in [1.165, 1.54) is 0 Å². The maximum Gasteiger partial charge on any atom is 0.264 e. The zero-order valence-corrected chi connectivity index (χ0v) is 22.0. The Kier molecular flexibility index (Phi) is 6.63. The number of halogens is 1. The van der Waals surface area contributed by atoms with Gasteiger partial charge in [0.25, 0.3) is 11.5 Å². The van der Waals surface area contributed by atoms with Crippen molar-refractivity contribution in [1.82, 2.24) is 24.3 Å². The van der Waals surface area contributed by atoms with E-state index in [1.54, 1.807) is 30.5 Å². The van der Waals surface area contributed by atoms with Gasteiger partial charge in [0.1, 0.15) is 0 Å². The van der Waals surface area contributed by atoms with Crippen molar-refractivity contribution in [3.63, 3.8) is 0 Å². The lowest BCUT2D eigenvalue weighted by atomic mass is 9.97. The summed E-state index contributed by atoms with van der Waals surface area (Å²) in [6.45, 7) is 6.37. The first kappa shape index (κ1) is 24.4. The molecule has 37 heavy (non-hydrogen) atoms. The standard InChI is InChI=1S/C28H33ClN6O2/c1-2-21-18-33(28-31-25-24(4-3-13-30-25)27(37)35(28)23-9-10-23)16-17-34(21)22-11-14-32(15-12-22)26(36)19-5-7-20(29)8-6-19/h3-8,13,21-23H,2,9-12,14-18H2,1H3/t21-/m0/s1. The van der Waals surface area contributed by atoms with Crippen molar-refractivity contribution in [1.29, 1.82) is 0 Å². The molecule has 194 valence electrons. The summed E-state index contributed by atoms with van der Waals surface area (Å²) in [5, 5.41) is 1.24. The Labute approximate surface area is 221 Å². The zero-order valence-electron chi connectivity index (χ0n) is 21.2. The molecule has 1 saturated carbocycles. The van der Waals surface area contributed by atoms with Gasteiger partial charge >= 0.3 is 0 Å². The first-order chi connectivity index (χ1) is 18.0. The number of benzene rings is 1. The number of piperidine rings is 1. The number of carbonyl (C=O) groups excluding carboxylic acids is 1. The number of fused-ring (bicyclic) bond motifs is 1. The van der Waals surface area contributed by atoms with Crippen LogP contribution in [0.25, 0.3) is 11.0 Å². The Hall–Kier alpha value is -2.97. The number of amides is 1. The Morgan fingerprint density at radius 1 is 1.00 bits per heavy atom. The average Bonchev–Trinajstić information content (AvgIpc) is 3.78. The SMILES string of the molecule is CC[C@H]1CN(c2nc3ncccc3c(=O)n2C2CC2)CCN1C1CCN(C(=O)c2ccc(Cl)cc2)CC1. The molecule has 8 nitrogen and oxygen atoms in total. The monoisotopic (exact) mass is 520 g/mol. The molecule has 3 aromatic rings. The van der Waals surface area contributed by atoms with Gasteiger partial charge in [0.15, 0.2) is 5.65 Å². The summed E-state index contributed by atoms with van der Waals surface area (Å²) in [5.41, 5.74) is 1.26. The van der Waals surface area contributed by atoms with Crippen LogP contribution in [0.2, 0.25) is 5.02 Å². The van der Waals surface area contributed by atoms with Gasteiger partial charge in [-0.2, -0.15) is 4.98 Å². The molecule has 0 N–H and O–H groups in total. The van der Waals surface area contributed by atoms with E-state index in [1.807, 2.05) is 21.6 Å². The largest absolute Gasteiger partial charge is 0.339 e. The molecule has 2 aromatic heterocycles. The Balaban J connectivity index is 1.16. The second kappa shape index (κ2) is 10.1. The maximum atomic E-state index is 13.3. The fraction of sp³-hybridized carbons (Fsp3) is 0.500. The zero-order chi connectivity index (χ0) is 25.5. The number of carbonyl (C=O) groups is 1. The number of nitrogens with zero attached hydrogens (tertiary/aromatic N) is 6. The molecule has 1 aliphatic carbocycles. The van der Waals surface area contributed by atoms with Crippen LogP contribution in [0.1, 0.15) is 55.4 Å². The Morgan fingerprint density at radius 2 is 1.76 bits per heavy atom. The van der Waals surface area contributed by atoms with Crippen molar-refractivity contribution < 1.29 is 4.79 Å². The van der Waals surface area contributed by atoms with Gasteiger partial charge in [-0.05, 0) is 68.5 Å². The van der Waals surface area contributed by atoms with E-state index in [0.29, 0.717) is 33.7 Å². The predicted octanol–water partition coefficient (Wildman–Crippen LogP) is 3.99. The lowest BCUT2D eigenvalue weighted by Crippen LogP contribution is -2.59. The highest BCUT2D eigenvalue weighted by Crippen LogP contribution is 2.37. The van der Waals surface area contributed by atoms with Crippen LogP contribution in [0.4, 0.5) is 5.95 Å². The topological polar surface area (TPSA) is 74.6 Å². The minimum Gasteiger partial charge on any atom is -0.339 e.